The number of fused-ring (bicyclic) bond motifs is 1. The van der Waals surface area contributed by atoms with Crippen molar-refractivity contribution >= 4 is 32.5 Å². The molecule has 0 saturated carbocycles. The van der Waals surface area contributed by atoms with E-state index in [0.29, 0.717) is 4.34 Å². The molecule has 2 aromatic rings. The molecule has 0 saturated heterocycles. The lowest BCUT2D eigenvalue weighted by Gasteiger charge is -1.95. The van der Waals surface area contributed by atoms with E-state index < -0.39 is 11.0 Å². The highest BCUT2D eigenvalue weighted by atomic mass is 32.2. The number of nitrogens with zero attached hydrogens (tertiary/aromatic N) is 1. The van der Waals surface area contributed by atoms with Crippen LogP contribution in [0.2, 0.25) is 0 Å². The lowest BCUT2D eigenvalue weighted by molar-refractivity contribution is 0.251. The molecule has 1 heterocycles. The molecule has 0 aliphatic rings. The van der Waals surface area contributed by atoms with Crippen LogP contribution < -0.4 is 4.89 Å². The van der Waals surface area contributed by atoms with E-state index in [2.05, 4.69) is 11.9 Å². The summed E-state index contributed by atoms with van der Waals surface area (Å²) in [7, 11) is -1.62. The number of aryl methyl sites for hydroxylation is 1. The summed E-state index contributed by atoms with van der Waals surface area (Å²) in [5.41, 5.74) is 2.01. The molecule has 15 heavy (non-hydrogen) atoms. The highest BCUT2D eigenvalue weighted by Gasteiger charge is 2.11. The molecule has 6 heteroatoms. The molecule has 0 aliphatic carbocycles. The average molecular weight is 242 g/mol. The van der Waals surface area contributed by atoms with Gasteiger partial charge in [0.15, 0.2) is 15.3 Å². The number of aromatic nitrogens is 1. The molecule has 2 N–H and O–H groups in total. The van der Waals surface area contributed by atoms with Gasteiger partial charge in [0.05, 0.1) is 10.2 Å². The molecule has 0 fully saturated rings. The summed E-state index contributed by atoms with van der Waals surface area (Å²) in [5, 5.41) is 8.56. The summed E-state index contributed by atoms with van der Waals surface area (Å²) in [5.74, 6) is 0. The fourth-order valence-electron chi connectivity index (χ4n) is 1.39. The Balaban J connectivity index is 2.60. The zero-order chi connectivity index (χ0) is 10.8. The van der Waals surface area contributed by atoms with E-state index in [-0.39, 0.29) is 0 Å². The lowest BCUT2D eigenvalue weighted by Crippen LogP contribution is -2.10. The van der Waals surface area contributed by atoms with Crippen LogP contribution in [0.15, 0.2) is 22.5 Å². The maximum Gasteiger partial charge on any atom is 0.199 e. The zero-order valence-corrected chi connectivity index (χ0v) is 9.69. The summed E-state index contributed by atoms with van der Waals surface area (Å²) < 4.78 is 12.7. The smallest absolute Gasteiger partial charge is 0.199 e. The van der Waals surface area contributed by atoms with Crippen LogP contribution in [-0.4, -0.2) is 14.4 Å². The fourth-order valence-corrected chi connectivity index (χ4v) is 3.07. The second kappa shape index (κ2) is 4.36. The standard InChI is InChI=1S/C9H10N2O2S2/c1-2-6-4-3-5-7-8(6)10-9(14-7)15(13)11-12/h3-5,11-12H,2H2,1H3. The SMILES string of the molecule is CCc1cccc2sc(S(=O)NO)nc12. The monoisotopic (exact) mass is 242 g/mol. The molecule has 0 radical (unpaired) electrons. The molecule has 1 unspecified atom stereocenters. The van der Waals surface area contributed by atoms with E-state index in [0.717, 1.165) is 22.2 Å². The van der Waals surface area contributed by atoms with Crippen molar-refractivity contribution in [3.05, 3.63) is 23.8 Å². The largest absolute Gasteiger partial charge is 0.304 e. The van der Waals surface area contributed by atoms with Gasteiger partial charge in [-0.1, -0.05) is 19.1 Å². The van der Waals surface area contributed by atoms with Crippen LogP contribution in [-0.2, 0) is 17.4 Å². The number of hydrogen-bond donors (Lipinski definition) is 2. The number of nitrogens with one attached hydrogen (secondary N) is 1. The van der Waals surface area contributed by atoms with Crippen LogP contribution in [0.5, 0.6) is 0 Å². The summed E-state index contributed by atoms with van der Waals surface area (Å²) in [6.45, 7) is 2.05. The molecule has 1 aromatic carbocycles. The molecular weight excluding hydrogens is 232 g/mol. The summed E-state index contributed by atoms with van der Waals surface area (Å²) in [6.07, 6.45) is 0.889. The van der Waals surface area contributed by atoms with Crippen molar-refractivity contribution in [2.45, 2.75) is 17.7 Å². The topological polar surface area (TPSA) is 62.2 Å². The molecule has 80 valence electrons. The van der Waals surface area contributed by atoms with Crippen molar-refractivity contribution in [1.29, 1.82) is 0 Å². The molecule has 0 bridgehead atoms. The van der Waals surface area contributed by atoms with Gasteiger partial charge in [-0.15, -0.1) is 16.2 Å². The Labute approximate surface area is 93.5 Å². The van der Waals surface area contributed by atoms with Crippen LogP contribution in [0.4, 0.5) is 0 Å². The second-order valence-electron chi connectivity index (χ2n) is 2.96. The molecule has 1 aromatic heterocycles. The Morgan fingerprint density at radius 2 is 2.40 bits per heavy atom. The fraction of sp³-hybridized carbons (Fsp3) is 0.222. The normalized spacial score (nSPS) is 13.2. The number of benzene rings is 1. The molecule has 2 rings (SSSR count). The minimum atomic E-state index is -1.62. The molecule has 0 spiro atoms. The Bertz CT molecular complexity index is 510. The van der Waals surface area contributed by atoms with E-state index in [1.807, 2.05) is 18.2 Å². The minimum absolute atomic E-state index is 0.397. The molecule has 1 atom stereocenters. The van der Waals surface area contributed by atoms with Gasteiger partial charge >= 0.3 is 0 Å². The van der Waals surface area contributed by atoms with Gasteiger partial charge < -0.3 is 5.21 Å². The van der Waals surface area contributed by atoms with Crippen LogP contribution in [0.1, 0.15) is 12.5 Å². The van der Waals surface area contributed by atoms with Gasteiger partial charge in [-0.2, -0.15) is 0 Å². The van der Waals surface area contributed by atoms with Gasteiger partial charge in [0, 0.05) is 0 Å². The van der Waals surface area contributed by atoms with Crippen molar-refractivity contribution < 1.29 is 9.42 Å². The van der Waals surface area contributed by atoms with E-state index in [1.165, 1.54) is 11.3 Å². The number of rotatable bonds is 3. The molecule has 0 amide bonds. The Morgan fingerprint density at radius 3 is 3.07 bits per heavy atom. The summed E-state index contributed by atoms with van der Waals surface area (Å²) in [6, 6.07) is 5.89. The highest BCUT2D eigenvalue weighted by Crippen LogP contribution is 2.26. The minimum Gasteiger partial charge on any atom is -0.304 e. The van der Waals surface area contributed by atoms with Crippen molar-refractivity contribution in [3.8, 4) is 0 Å². The van der Waals surface area contributed by atoms with E-state index in [1.54, 1.807) is 4.89 Å². The third kappa shape index (κ3) is 1.93. The maximum absolute atomic E-state index is 11.3. The summed E-state index contributed by atoms with van der Waals surface area (Å²) in [4.78, 5) is 5.95. The first kappa shape index (κ1) is 10.7. The van der Waals surface area contributed by atoms with Gasteiger partial charge in [0.1, 0.15) is 0 Å². The van der Waals surface area contributed by atoms with Crippen molar-refractivity contribution in [2.24, 2.45) is 0 Å². The number of para-hydroxylation sites is 1. The Kier molecular flexibility index (Phi) is 3.11. The van der Waals surface area contributed by atoms with Crippen molar-refractivity contribution in [3.63, 3.8) is 0 Å². The van der Waals surface area contributed by atoms with Crippen LogP contribution >= 0.6 is 11.3 Å². The first-order chi connectivity index (χ1) is 7.26. The Morgan fingerprint density at radius 1 is 1.60 bits per heavy atom. The van der Waals surface area contributed by atoms with Gasteiger partial charge in [-0.25, -0.2) is 9.19 Å². The predicted octanol–water partition coefficient (Wildman–Crippen LogP) is 1.86. The maximum atomic E-state index is 11.3. The lowest BCUT2D eigenvalue weighted by atomic mass is 10.1. The molecule has 4 nitrogen and oxygen atoms in total. The van der Waals surface area contributed by atoms with E-state index in [9.17, 15) is 4.21 Å². The molecular formula is C9H10N2O2S2. The van der Waals surface area contributed by atoms with E-state index in [4.69, 9.17) is 5.21 Å². The summed E-state index contributed by atoms with van der Waals surface area (Å²) >= 11 is 1.33. The first-order valence-corrected chi connectivity index (χ1v) is 6.42. The highest BCUT2D eigenvalue weighted by molar-refractivity contribution is 7.85. The first-order valence-electron chi connectivity index (χ1n) is 4.46. The van der Waals surface area contributed by atoms with E-state index >= 15 is 0 Å². The zero-order valence-electron chi connectivity index (χ0n) is 8.06. The predicted molar refractivity (Wildman–Crippen MR) is 60.3 cm³/mol. The van der Waals surface area contributed by atoms with Crippen molar-refractivity contribution in [2.75, 3.05) is 0 Å². The van der Waals surface area contributed by atoms with Gasteiger partial charge in [-0.3, -0.25) is 0 Å². The number of thiazole rings is 1. The third-order valence-electron chi connectivity index (χ3n) is 2.11. The van der Waals surface area contributed by atoms with Crippen LogP contribution in [0, 0.1) is 0 Å². The Hall–Kier alpha value is -0.820. The van der Waals surface area contributed by atoms with Gasteiger partial charge in [0.25, 0.3) is 0 Å². The quantitative estimate of drug-likeness (QED) is 0.808. The van der Waals surface area contributed by atoms with Gasteiger partial charge in [0.2, 0.25) is 0 Å². The second-order valence-corrected chi connectivity index (χ2v) is 5.35. The van der Waals surface area contributed by atoms with Gasteiger partial charge in [-0.05, 0) is 18.1 Å². The van der Waals surface area contributed by atoms with Crippen LogP contribution in [0.3, 0.4) is 0 Å². The van der Waals surface area contributed by atoms with Crippen molar-refractivity contribution in [1.82, 2.24) is 9.87 Å². The average Bonchev–Trinajstić information content (AvgIpc) is 2.71. The van der Waals surface area contributed by atoms with Crippen LogP contribution in [0.25, 0.3) is 10.2 Å². The molecule has 0 aliphatic heterocycles. The third-order valence-corrected chi connectivity index (χ3v) is 4.20. The number of hydrogen-bond acceptors (Lipinski definition) is 4.